The third kappa shape index (κ3) is 9.94. The Kier molecular flexibility index (Phi) is 12.4. The largest absolute Gasteiger partial charge is 0.490 e. The van der Waals surface area contributed by atoms with Gasteiger partial charge in [0.2, 0.25) is 5.95 Å². The molecule has 0 unspecified atom stereocenters. The molecule has 6 rings (SSSR count). The Hall–Kier alpha value is -4.21. The van der Waals surface area contributed by atoms with Gasteiger partial charge in [-0.2, -0.15) is 13.4 Å². The number of rotatable bonds is 10. The van der Waals surface area contributed by atoms with Gasteiger partial charge in [0.1, 0.15) is 11.6 Å². The van der Waals surface area contributed by atoms with Crippen LogP contribution < -0.4 is 20.3 Å². The van der Waals surface area contributed by atoms with E-state index in [0.29, 0.717) is 55.3 Å². The number of halogens is 2. The maximum atomic E-state index is 14.2. The molecule has 0 aliphatic carbocycles. The molecule has 0 bridgehead atoms. The summed E-state index contributed by atoms with van der Waals surface area (Å²) in [4.78, 5) is 17.5. The molecule has 2 aliphatic heterocycles. The molecule has 2 aromatic carbocycles. The van der Waals surface area contributed by atoms with Crippen molar-refractivity contribution < 1.29 is 31.0 Å². The van der Waals surface area contributed by atoms with Crippen LogP contribution in [-0.2, 0) is 10.1 Å². The first-order valence-corrected chi connectivity index (χ1v) is 18.3. The van der Waals surface area contributed by atoms with Crippen molar-refractivity contribution in [3.05, 3.63) is 83.4 Å². The van der Waals surface area contributed by atoms with E-state index in [1.807, 2.05) is 11.8 Å². The van der Waals surface area contributed by atoms with Crippen molar-refractivity contribution in [3.63, 3.8) is 0 Å². The molecule has 0 spiro atoms. The number of aryl methyl sites for hydroxylation is 1. The lowest BCUT2D eigenvalue weighted by atomic mass is 9.85. The normalized spacial score (nSPS) is 18.6. The fourth-order valence-corrected chi connectivity index (χ4v) is 6.65. The molecule has 50 heavy (non-hydrogen) atoms. The molecular weight excluding hydrogens is 668 g/mol. The topological polar surface area (TPSA) is 161 Å². The molecular formula is C35H45F2N7O5S. The van der Waals surface area contributed by atoms with Gasteiger partial charge in [0, 0.05) is 44.1 Å². The number of hydrogen-bond acceptors (Lipinski definition) is 11. The van der Waals surface area contributed by atoms with Gasteiger partial charge in [-0.05, 0) is 80.8 Å². The Bertz CT molecular complexity index is 1780. The second-order valence-electron chi connectivity index (χ2n) is 13.2. The van der Waals surface area contributed by atoms with E-state index < -0.39 is 21.8 Å². The van der Waals surface area contributed by atoms with Crippen LogP contribution in [0.1, 0.15) is 74.7 Å². The summed E-state index contributed by atoms with van der Waals surface area (Å²) in [7, 11) is -4.02. The number of benzene rings is 2. The third-order valence-electron chi connectivity index (χ3n) is 9.09. The van der Waals surface area contributed by atoms with E-state index >= 15 is 0 Å². The van der Waals surface area contributed by atoms with Gasteiger partial charge in [-0.15, -0.1) is 0 Å². The zero-order chi connectivity index (χ0) is 35.8. The van der Waals surface area contributed by atoms with Gasteiger partial charge in [0.15, 0.2) is 11.6 Å². The second-order valence-corrected chi connectivity index (χ2v) is 14.6. The minimum absolute atomic E-state index is 0.0666. The molecule has 3 N–H and O–H groups in total. The van der Waals surface area contributed by atoms with Crippen LogP contribution in [-0.4, -0.2) is 71.9 Å². The Balaban J connectivity index is 0.000000377. The fourth-order valence-electron chi connectivity index (χ4n) is 6.17. The minimum atomic E-state index is -4.02. The number of ether oxygens (including phenoxy) is 1. The Morgan fingerprint density at radius 1 is 1.02 bits per heavy atom. The van der Waals surface area contributed by atoms with Crippen LogP contribution in [0, 0.1) is 24.5 Å². The van der Waals surface area contributed by atoms with E-state index in [4.69, 9.17) is 19.5 Å². The monoisotopic (exact) mass is 713 g/mol. The highest BCUT2D eigenvalue weighted by molar-refractivity contribution is 7.85. The van der Waals surface area contributed by atoms with Crippen molar-refractivity contribution in [1.82, 2.24) is 20.1 Å². The first-order chi connectivity index (χ1) is 23.9. The first kappa shape index (κ1) is 37.1. The molecule has 2 aromatic heterocycles. The molecule has 2 saturated heterocycles. The summed E-state index contributed by atoms with van der Waals surface area (Å²) >= 11 is 0. The molecule has 0 radical (unpaired) electrons. The number of piperidine rings is 2. The summed E-state index contributed by atoms with van der Waals surface area (Å²) in [5.41, 5.74) is 7.65. The molecule has 12 nitrogen and oxygen atoms in total. The van der Waals surface area contributed by atoms with Gasteiger partial charge in [-0.3, -0.25) is 4.55 Å². The number of nitrogens with two attached hydrogens (primary N) is 1. The quantitative estimate of drug-likeness (QED) is 0.148. The molecule has 2 aliphatic rings. The van der Waals surface area contributed by atoms with Crippen molar-refractivity contribution in [2.75, 3.05) is 42.6 Å². The minimum Gasteiger partial charge on any atom is -0.490 e. The maximum absolute atomic E-state index is 14.2. The highest BCUT2D eigenvalue weighted by Gasteiger charge is 2.31. The molecule has 0 saturated carbocycles. The van der Waals surface area contributed by atoms with Crippen molar-refractivity contribution >= 4 is 22.1 Å². The van der Waals surface area contributed by atoms with E-state index in [2.05, 4.69) is 38.9 Å². The lowest BCUT2D eigenvalue weighted by Gasteiger charge is -2.37. The van der Waals surface area contributed by atoms with Crippen molar-refractivity contribution in [2.24, 2.45) is 11.7 Å². The molecule has 4 aromatic rings. The van der Waals surface area contributed by atoms with Crippen LogP contribution in [0.25, 0.3) is 0 Å². The summed E-state index contributed by atoms with van der Waals surface area (Å²) in [6.07, 6.45) is 8.22. The lowest BCUT2D eigenvalue weighted by molar-refractivity contribution is 0.275. The second kappa shape index (κ2) is 16.7. The zero-order valence-electron chi connectivity index (χ0n) is 28.6. The number of hydrogen-bond donors (Lipinski definition) is 2. The highest BCUT2D eigenvalue weighted by Crippen LogP contribution is 2.31. The van der Waals surface area contributed by atoms with Crippen LogP contribution in [0.5, 0.6) is 5.75 Å². The van der Waals surface area contributed by atoms with Crippen LogP contribution in [0.4, 0.5) is 20.7 Å². The van der Waals surface area contributed by atoms with Gasteiger partial charge in [-0.25, -0.2) is 18.7 Å². The Morgan fingerprint density at radius 2 is 1.70 bits per heavy atom. The average Bonchev–Trinajstić information content (AvgIpc) is 3.60. The van der Waals surface area contributed by atoms with Crippen molar-refractivity contribution in [3.8, 4) is 5.75 Å². The van der Waals surface area contributed by atoms with Crippen LogP contribution in [0.15, 0.2) is 64.3 Å². The maximum Gasteiger partial charge on any atom is 0.324 e. The van der Waals surface area contributed by atoms with Crippen LogP contribution in [0.3, 0.4) is 0 Å². The van der Waals surface area contributed by atoms with E-state index in [9.17, 15) is 17.2 Å². The van der Waals surface area contributed by atoms with E-state index in [1.165, 1.54) is 18.2 Å². The van der Waals surface area contributed by atoms with Gasteiger partial charge >= 0.3 is 6.01 Å². The van der Waals surface area contributed by atoms with Gasteiger partial charge in [0.25, 0.3) is 10.1 Å². The van der Waals surface area contributed by atoms with Crippen LogP contribution >= 0.6 is 0 Å². The summed E-state index contributed by atoms with van der Waals surface area (Å²) in [5, 5.41) is 4.07. The average molecular weight is 714 g/mol. The van der Waals surface area contributed by atoms with Crippen LogP contribution in [0.2, 0.25) is 0 Å². The van der Waals surface area contributed by atoms with Gasteiger partial charge in [-0.1, -0.05) is 36.7 Å². The number of aromatic nitrogens is 4. The number of nitrogens with zero attached hydrogens (tertiary/aromatic N) is 6. The van der Waals surface area contributed by atoms with Crippen molar-refractivity contribution in [2.45, 2.75) is 75.6 Å². The highest BCUT2D eigenvalue weighted by atomic mass is 32.2. The molecule has 270 valence electrons. The first-order valence-electron chi connectivity index (χ1n) is 16.9. The zero-order valence-corrected chi connectivity index (χ0v) is 29.4. The van der Waals surface area contributed by atoms with E-state index in [1.54, 1.807) is 24.5 Å². The van der Waals surface area contributed by atoms with E-state index in [-0.39, 0.29) is 22.8 Å². The number of anilines is 2. The Labute approximate surface area is 291 Å². The molecule has 4 heterocycles. The molecule has 2 fully saturated rings. The van der Waals surface area contributed by atoms with E-state index in [0.717, 1.165) is 62.3 Å². The molecule has 15 heteroatoms. The predicted molar refractivity (Wildman–Crippen MR) is 185 cm³/mol. The summed E-state index contributed by atoms with van der Waals surface area (Å²) in [6, 6.07) is 9.80. The smallest absolute Gasteiger partial charge is 0.324 e. The van der Waals surface area contributed by atoms with Gasteiger partial charge < -0.3 is 24.8 Å². The Morgan fingerprint density at radius 3 is 2.32 bits per heavy atom. The lowest BCUT2D eigenvalue weighted by Crippen LogP contribution is -2.48. The molecule has 2 atom stereocenters. The van der Waals surface area contributed by atoms with Crippen molar-refractivity contribution in [1.29, 1.82) is 0 Å². The summed E-state index contributed by atoms with van der Waals surface area (Å²) in [6.45, 7) is 9.50. The molecule has 0 amide bonds. The standard InChI is InChI=1S/C28H37F2N7O2.C7H8O3S/c1-18(2)26-34-28(39-35-26)36-10-7-19(8-11-36)4-3-13-38-21-15-32-27(33-16-21)37-12-9-22(25(31)17-37)23-14-20(29)5-6-24(23)30;1-6-2-4-7(5-3-6)11(8,9)10/h5-6,14-16,18-19,22,25H,3-4,7-13,17,31H2,1-2H3;2-5H,1H3,(H,8,9,10)/t22-,25+;/m1./s1. The third-order valence-corrected chi connectivity index (χ3v) is 9.96. The fraction of sp³-hybridized carbons (Fsp3) is 0.486. The summed E-state index contributed by atoms with van der Waals surface area (Å²) < 4.78 is 68.8. The SMILES string of the molecule is CC(C)c1noc(N2CCC(CCCOc3cnc(N4CC[C@H](c5cc(F)ccc5F)[C@@H](N)C4)nc3)CC2)n1.Cc1ccc(S(=O)(=O)O)cc1. The van der Waals surface area contributed by atoms with Gasteiger partial charge in [0.05, 0.1) is 23.9 Å². The summed E-state index contributed by atoms with van der Waals surface area (Å²) in [5.74, 6) is 1.75. The predicted octanol–water partition coefficient (Wildman–Crippen LogP) is 5.90.